The number of hydrogen-bond acceptors (Lipinski definition) is 2. The fourth-order valence-electron chi connectivity index (χ4n) is 2.22. The molecule has 4 heteroatoms. The van der Waals surface area contributed by atoms with Crippen molar-refractivity contribution in [2.45, 2.75) is 13.0 Å². The molecule has 1 atom stereocenters. The summed E-state index contributed by atoms with van der Waals surface area (Å²) in [4.78, 5) is 2.14. The van der Waals surface area contributed by atoms with Crippen LogP contribution in [0.2, 0.25) is 0 Å². The highest BCUT2D eigenvalue weighted by Crippen LogP contribution is 2.22. The van der Waals surface area contributed by atoms with E-state index in [-0.39, 0.29) is 11.9 Å². The quantitative estimate of drug-likeness (QED) is 0.812. The predicted molar refractivity (Wildman–Crippen MR) is 90.1 cm³/mol. The molecular formula is C17H20BrFN2. The van der Waals surface area contributed by atoms with Crippen LogP contribution < -0.4 is 5.32 Å². The maximum Gasteiger partial charge on any atom is 0.127 e. The van der Waals surface area contributed by atoms with Crippen molar-refractivity contribution in [1.29, 1.82) is 0 Å². The molecule has 1 unspecified atom stereocenters. The predicted octanol–water partition coefficient (Wildman–Crippen LogP) is 4.69. The molecule has 112 valence electrons. The first-order chi connectivity index (χ1) is 10.1. The van der Waals surface area contributed by atoms with Crippen molar-refractivity contribution in [3.8, 4) is 0 Å². The number of likely N-dealkylation sites (N-methyl/N-ethyl adjacent to an activating group) is 1. The molecule has 2 rings (SSSR count). The molecule has 1 N–H and O–H groups in total. The molecule has 0 aliphatic heterocycles. The van der Waals surface area contributed by atoms with E-state index in [4.69, 9.17) is 0 Å². The fourth-order valence-corrected chi connectivity index (χ4v) is 2.64. The Balaban J connectivity index is 1.89. The van der Waals surface area contributed by atoms with Crippen LogP contribution in [0, 0.1) is 5.82 Å². The molecule has 0 aromatic heterocycles. The Bertz CT molecular complexity index is 589. The number of para-hydroxylation sites is 1. The summed E-state index contributed by atoms with van der Waals surface area (Å²) in [5.74, 6) is -0.143. The molecular weight excluding hydrogens is 331 g/mol. The topological polar surface area (TPSA) is 15.3 Å². The Kier molecular flexibility index (Phi) is 5.76. The molecule has 0 bridgehead atoms. The molecule has 2 nitrogen and oxygen atoms in total. The van der Waals surface area contributed by atoms with Gasteiger partial charge in [0.05, 0.1) is 0 Å². The van der Waals surface area contributed by atoms with Crippen LogP contribution in [-0.4, -0.2) is 25.0 Å². The highest BCUT2D eigenvalue weighted by molar-refractivity contribution is 9.10. The molecule has 0 aliphatic carbocycles. The molecule has 0 heterocycles. The standard InChI is InChI=1S/C17H20BrFN2/c1-13(14-7-3-5-9-16(14)19)21(2)12-11-20-17-10-6-4-8-15(17)18/h3-10,13,20H,11-12H2,1-2H3. The summed E-state index contributed by atoms with van der Waals surface area (Å²) in [6, 6.07) is 15.0. The minimum Gasteiger partial charge on any atom is -0.383 e. The molecule has 0 spiro atoms. The molecule has 0 fully saturated rings. The summed E-state index contributed by atoms with van der Waals surface area (Å²) >= 11 is 3.51. The van der Waals surface area contributed by atoms with Crippen molar-refractivity contribution in [2.75, 3.05) is 25.5 Å². The number of nitrogens with zero attached hydrogens (tertiary/aromatic N) is 1. The lowest BCUT2D eigenvalue weighted by atomic mass is 10.1. The van der Waals surface area contributed by atoms with E-state index >= 15 is 0 Å². The van der Waals surface area contributed by atoms with Gasteiger partial charge in [0.15, 0.2) is 0 Å². The average molecular weight is 351 g/mol. The van der Waals surface area contributed by atoms with Crippen molar-refractivity contribution in [3.63, 3.8) is 0 Å². The van der Waals surface area contributed by atoms with Gasteiger partial charge in [-0.1, -0.05) is 30.3 Å². The Morgan fingerprint density at radius 1 is 1.14 bits per heavy atom. The Morgan fingerprint density at radius 2 is 1.81 bits per heavy atom. The monoisotopic (exact) mass is 350 g/mol. The number of halogens is 2. The number of nitrogens with one attached hydrogen (secondary N) is 1. The van der Waals surface area contributed by atoms with Crippen molar-refractivity contribution < 1.29 is 4.39 Å². The Morgan fingerprint density at radius 3 is 2.52 bits per heavy atom. The minimum absolute atomic E-state index is 0.0483. The van der Waals surface area contributed by atoms with E-state index < -0.39 is 0 Å². The number of anilines is 1. The van der Waals surface area contributed by atoms with Crippen LogP contribution in [0.5, 0.6) is 0 Å². The van der Waals surface area contributed by atoms with Crippen LogP contribution in [0.3, 0.4) is 0 Å². The summed E-state index contributed by atoms with van der Waals surface area (Å²) < 4.78 is 14.8. The molecule has 2 aromatic rings. The summed E-state index contributed by atoms with van der Waals surface area (Å²) in [6.45, 7) is 3.66. The van der Waals surface area contributed by atoms with Crippen molar-refractivity contribution >= 4 is 21.6 Å². The number of hydrogen-bond donors (Lipinski definition) is 1. The van der Waals surface area contributed by atoms with Crippen LogP contribution in [0.25, 0.3) is 0 Å². The summed E-state index contributed by atoms with van der Waals surface area (Å²) in [5, 5.41) is 3.38. The first kappa shape index (κ1) is 16.0. The normalized spacial score (nSPS) is 12.4. The highest BCUT2D eigenvalue weighted by atomic mass is 79.9. The van der Waals surface area contributed by atoms with E-state index in [1.165, 1.54) is 6.07 Å². The van der Waals surface area contributed by atoms with E-state index in [9.17, 15) is 4.39 Å². The highest BCUT2D eigenvalue weighted by Gasteiger charge is 2.14. The Hall–Kier alpha value is -1.39. The van der Waals surface area contributed by atoms with Gasteiger partial charge < -0.3 is 5.32 Å². The van der Waals surface area contributed by atoms with E-state index in [0.717, 1.165) is 28.8 Å². The second-order valence-corrected chi connectivity index (χ2v) is 5.94. The first-order valence-electron chi connectivity index (χ1n) is 7.02. The lowest BCUT2D eigenvalue weighted by Crippen LogP contribution is -2.28. The van der Waals surface area contributed by atoms with E-state index in [1.807, 2.05) is 50.4 Å². The maximum atomic E-state index is 13.8. The van der Waals surface area contributed by atoms with Crippen LogP contribution >= 0.6 is 15.9 Å². The lowest BCUT2D eigenvalue weighted by molar-refractivity contribution is 0.266. The van der Waals surface area contributed by atoms with E-state index in [1.54, 1.807) is 6.07 Å². The average Bonchev–Trinajstić information content (AvgIpc) is 2.49. The Labute approximate surface area is 134 Å². The smallest absolute Gasteiger partial charge is 0.127 e. The molecule has 0 amide bonds. The zero-order chi connectivity index (χ0) is 15.2. The van der Waals surface area contributed by atoms with Gasteiger partial charge >= 0.3 is 0 Å². The van der Waals surface area contributed by atoms with Gasteiger partial charge in [0, 0.05) is 34.9 Å². The maximum absolute atomic E-state index is 13.8. The van der Waals surface area contributed by atoms with Crippen molar-refractivity contribution in [1.82, 2.24) is 4.90 Å². The first-order valence-corrected chi connectivity index (χ1v) is 7.82. The van der Waals surface area contributed by atoms with Gasteiger partial charge in [-0.3, -0.25) is 4.90 Å². The van der Waals surface area contributed by atoms with Crippen molar-refractivity contribution in [3.05, 3.63) is 64.4 Å². The summed E-state index contributed by atoms with van der Waals surface area (Å²) in [6.07, 6.45) is 0. The van der Waals surface area contributed by atoms with Gasteiger partial charge in [-0.2, -0.15) is 0 Å². The summed E-state index contributed by atoms with van der Waals surface area (Å²) in [5.41, 5.74) is 1.81. The van der Waals surface area contributed by atoms with Crippen LogP contribution in [-0.2, 0) is 0 Å². The molecule has 0 saturated carbocycles. The van der Waals surface area contributed by atoms with Gasteiger partial charge in [-0.25, -0.2) is 4.39 Å². The zero-order valence-electron chi connectivity index (χ0n) is 12.3. The molecule has 0 saturated heterocycles. The number of rotatable bonds is 6. The van der Waals surface area contributed by atoms with Gasteiger partial charge in [0.25, 0.3) is 0 Å². The molecule has 2 aromatic carbocycles. The second kappa shape index (κ2) is 7.57. The number of benzene rings is 2. The van der Waals surface area contributed by atoms with Gasteiger partial charge in [0.2, 0.25) is 0 Å². The summed E-state index contributed by atoms with van der Waals surface area (Å²) in [7, 11) is 2.01. The third kappa shape index (κ3) is 4.29. The van der Waals surface area contributed by atoms with Gasteiger partial charge in [-0.15, -0.1) is 0 Å². The second-order valence-electron chi connectivity index (χ2n) is 5.08. The zero-order valence-corrected chi connectivity index (χ0v) is 13.9. The third-order valence-electron chi connectivity index (χ3n) is 3.67. The molecule has 0 aliphatic rings. The minimum atomic E-state index is -0.143. The van der Waals surface area contributed by atoms with Crippen LogP contribution in [0.15, 0.2) is 53.0 Å². The van der Waals surface area contributed by atoms with E-state index in [0.29, 0.717) is 0 Å². The lowest BCUT2D eigenvalue weighted by Gasteiger charge is -2.25. The SMILES string of the molecule is CC(c1ccccc1F)N(C)CCNc1ccccc1Br. The van der Waals surface area contributed by atoms with Gasteiger partial charge in [0.1, 0.15) is 5.82 Å². The van der Waals surface area contributed by atoms with Gasteiger partial charge in [-0.05, 0) is 48.1 Å². The third-order valence-corrected chi connectivity index (χ3v) is 4.36. The van der Waals surface area contributed by atoms with Crippen LogP contribution in [0.4, 0.5) is 10.1 Å². The van der Waals surface area contributed by atoms with Crippen molar-refractivity contribution in [2.24, 2.45) is 0 Å². The largest absolute Gasteiger partial charge is 0.383 e. The molecule has 0 radical (unpaired) electrons. The molecule has 21 heavy (non-hydrogen) atoms. The van der Waals surface area contributed by atoms with E-state index in [2.05, 4.69) is 26.1 Å². The fraction of sp³-hybridized carbons (Fsp3) is 0.294. The van der Waals surface area contributed by atoms with Crippen LogP contribution in [0.1, 0.15) is 18.5 Å².